The number of benzene rings is 1. The third-order valence-electron chi connectivity index (χ3n) is 3.04. The summed E-state index contributed by atoms with van der Waals surface area (Å²) >= 11 is 0. The van der Waals surface area contributed by atoms with Crippen molar-refractivity contribution in [1.82, 2.24) is 15.5 Å². The standard InChI is InChI=1S/C15H20FN3O2/c1-3-8-17-9-4-5-14-18-19-15(21-14)11-6-7-13(20-2)12(16)10-11/h6-7,10,17H,3-5,8-9H2,1-2H3. The quantitative estimate of drug-likeness (QED) is 0.758. The summed E-state index contributed by atoms with van der Waals surface area (Å²) in [6.45, 7) is 4.06. The van der Waals surface area contributed by atoms with Gasteiger partial charge in [-0.25, -0.2) is 4.39 Å². The maximum Gasteiger partial charge on any atom is 0.247 e. The van der Waals surface area contributed by atoms with Crippen LogP contribution in [-0.4, -0.2) is 30.4 Å². The molecule has 0 saturated heterocycles. The largest absolute Gasteiger partial charge is 0.494 e. The van der Waals surface area contributed by atoms with E-state index in [2.05, 4.69) is 22.4 Å². The summed E-state index contributed by atoms with van der Waals surface area (Å²) in [5.41, 5.74) is 0.552. The zero-order chi connectivity index (χ0) is 15.1. The van der Waals surface area contributed by atoms with E-state index in [0.717, 1.165) is 25.9 Å². The van der Waals surface area contributed by atoms with Crippen molar-refractivity contribution in [3.63, 3.8) is 0 Å². The minimum atomic E-state index is -0.446. The molecular weight excluding hydrogens is 273 g/mol. The van der Waals surface area contributed by atoms with Crippen molar-refractivity contribution in [2.45, 2.75) is 26.2 Å². The van der Waals surface area contributed by atoms with Crippen LogP contribution < -0.4 is 10.1 Å². The third-order valence-corrected chi connectivity index (χ3v) is 3.04. The molecule has 0 saturated carbocycles. The summed E-state index contributed by atoms with van der Waals surface area (Å²) < 4.78 is 24.1. The fraction of sp³-hybridized carbons (Fsp3) is 0.467. The SMILES string of the molecule is CCCNCCCc1nnc(-c2ccc(OC)c(F)c2)o1. The number of hydrogen-bond donors (Lipinski definition) is 1. The highest BCUT2D eigenvalue weighted by Gasteiger charge is 2.11. The molecule has 0 aliphatic heterocycles. The molecule has 1 heterocycles. The Bertz CT molecular complexity index is 572. The average Bonchev–Trinajstić information content (AvgIpc) is 2.96. The molecule has 2 aromatic rings. The number of aryl methyl sites for hydroxylation is 1. The third kappa shape index (κ3) is 4.26. The van der Waals surface area contributed by atoms with Gasteiger partial charge in [0.15, 0.2) is 11.6 Å². The summed E-state index contributed by atoms with van der Waals surface area (Å²) in [6.07, 6.45) is 2.76. The Kier molecular flexibility index (Phi) is 5.68. The van der Waals surface area contributed by atoms with Crippen LogP contribution >= 0.6 is 0 Å². The van der Waals surface area contributed by atoms with Crippen molar-refractivity contribution in [1.29, 1.82) is 0 Å². The highest BCUT2D eigenvalue weighted by Crippen LogP contribution is 2.24. The van der Waals surface area contributed by atoms with E-state index in [-0.39, 0.29) is 5.75 Å². The molecule has 0 unspecified atom stereocenters. The molecule has 21 heavy (non-hydrogen) atoms. The first-order valence-corrected chi connectivity index (χ1v) is 7.11. The van der Waals surface area contributed by atoms with E-state index in [1.165, 1.54) is 13.2 Å². The van der Waals surface area contributed by atoms with Gasteiger partial charge in [0.1, 0.15) is 0 Å². The number of nitrogens with zero attached hydrogens (tertiary/aromatic N) is 2. The summed E-state index contributed by atoms with van der Waals surface area (Å²) in [5, 5.41) is 11.2. The Labute approximate surface area is 123 Å². The van der Waals surface area contributed by atoms with Gasteiger partial charge >= 0.3 is 0 Å². The van der Waals surface area contributed by atoms with Gasteiger partial charge in [-0.2, -0.15) is 0 Å². The molecule has 0 aliphatic rings. The second-order valence-electron chi connectivity index (χ2n) is 4.70. The molecule has 114 valence electrons. The van der Waals surface area contributed by atoms with Gasteiger partial charge in [-0.3, -0.25) is 0 Å². The lowest BCUT2D eigenvalue weighted by molar-refractivity contribution is 0.386. The second kappa shape index (κ2) is 7.73. The van der Waals surface area contributed by atoms with Crippen LogP contribution in [0.5, 0.6) is 5.75 Å². The lowest BCUT2D eigenvalue weighted by Gasteiger charge is -2.02. The molecule has 2 rings (SSSR count). The molecule has 1 aromatic heterocycles. The summed E-state index contributed by atoms with van der Waals surface area (Å²) in [7, 11) is 1.43. The van der Waals surface area contributed by atoms with Crippen LogP contribution in [0, 0.1) is 5.82 Å². The van der Waals surface area contributed by atoms with E-state index in [0.29, 0.717) is 23.8 Å². The van der Waals surface area contributed by atoms with Crippen LogP contribution in [0.3, 0.4) is 0 Å². The van der Waals surface area contributed by atoms with Gasteiger partial charge in [-0.15, -0.1) is 10.2 Å². The molecule has 6 heteroatoms. The van der Waals surface area contributed by atoms with Crippen molar-refractivity contribution < 1.29 is 13.5 Å². The highest BCUT2D eigenvalue weighted by molar-refractivity contribution is 5.54. The number of rotatable bonds is 8. The topological polar surface area (TPSA) is 60.2 Å². The first-order valence-electron chi connectivity index (χ1n) is 7.11. The van der Waals surface area contributed by atoms with E-state index < -0.39 is 5.82 Å². The predicted molar refractivity (Wildman–Crippen MR) is 77.7 cm³/mol. The maximum absolute atomic E-state index is 13.6. The van der Waals surface area contributed by atoms with Crippen LogP contribution in [0.4, 0.5) is 4.39 Å². The Morgan fingerprint density at radius 2 is 2.14 bits per heavy atom. The normalized spacial score (nSPS) is 10.8. The van der Waals surface area contributed by atoms with Crippen molar-refractivity contribution in [2.75, 3.05) is 20.2 Å². The van der Waals surface area contributed by atoms with E-state index in [9.17, 15) is 4.39 Å². The Hall–Kier alpha value is -1.95. The highest BCUT2D eigenvalue weighted by atomic mass is 19.1. The maximum atomic E-state index is 13.6. The molecule has 0 radical (unpaired) electrons. The van der Waals surface area contributed by atoms with Gasteiger partial charge in [-0.05, 0) is 44.1 Å². The van der Waals surface area contributed by atoms with Crippen LogP contribution in [0.1, 0.15) is 25.7 Å². The number of hydrogen-bond acceptors (Lipinski definition) is 5. The Balaban J connectivity index is 1.94. The molecule has 0 aliphatic carbocycles. The molecule has 0 spiro atoms. The smallest absolute Gasteiger partial charge is 0.247 e. The number of ether oxygens (including phenoxy) is 1. The average molecular weight is 293 g/mol. The zero-order valence-electron chi connectivity index (χ0n) is 12.4. The molecule has 0 atom stereocenters. The lowest BCUT2D eigenvalue weighted by atomic mass is 10.2. The monoisotopic (exact) mass is 293 g/mol. The van der Waals surface area contributed by atoms with E-state index in [1.807, 2.05) is 0 Å². The lowest BCUT2D eigenvalue weighted by Crippen LogP contribution is -2.16. The summed E-state index contributed by atoms with van der Waals surface area (Å²) in [5.74, 6) is 0.645. The Morgan fingerprint density at radius 1 is 1.29 bits per heavy atom. The van der Waals surface area contributed by atoms with Gasteiger partial charge in [-0.1, -0.05) is 6.92 Å². The van der Waals surface area contributed by atoms with Gasteiger partial charge in [0.25, 0.3) is 0 Å². The van der Waals surface area contributed by atoms with Gasteiger partial charge in [0.2, 0.25) is 11.8 Å². The van der Waals surface area contributed by atoms with Crippen LogP contribution in [0.25, 0.3) is 11.5 Å². The molecular formula is C15H20FN3O2. The van der Waals surface area contributed by atoms with Crippen molar-refractivity contribution >= 4 is 0 Å². The predicted octanol–water partition coefficient (Wildman–Crippen LogP) is 2.82. The van der Waals surface area contributed by atoms with Crippen molar-refractivity contribution in [2.24, 2.45) is 0 Å². The van der Waals surface area contributed by atoms with Crippen LogP contribution in [0.2, 0.25) is 0 Å². The summed E-state index contributed by atoms with van der Waals surface area (Å²) in [4.78, 5) is 0. The van der Waals surface area contributed by atoms with Gasteiger partial charge in [0.05, 0.1) is 7.11 Å². The van der Waals surface area contributed by atoms with Crippen molar-refractivity contribution in [3.05, 3.63) is 29.9 Å². The van der Waals surface area contributed by atoms with Crippen molar-refractivity contribution in [3.8, 4) is 17.2 Å². The fourth-order valence-corrected chi connectivity index (χ4v) is 1.94. The number of halogens is 1. The first kappa shape index (κ1) is 15.4. The van der Waals surface area contributed by atoms with E-state index in [1.54, 1.807) is 12.1 Å². The van der Waals surface area contributed by atoms with Gasteiger partial charge in [0, 0.05) is 12.0 Å². The minimum absolute atomic E-state index is 0.195. The fourth-order valence-electron chi connectivity index (χ4n) is 1.94. The second-order valence-corrected chi connectivity index (χ2v) is 4.70. The van der Waals surface area contributed by atoms with Crippen LogP contribution in [-0.2, 0) is 6.42 Å². The van der Waals surface area contributed by atoms with E-state index >= 15 is 0 Å². The summed E-state index contributed by atoms with van der Waals surface area (Å²) in [6, 6.07) is 4.57. The molecule has 5 nitrogen and oxygen atoms in total. The van der Waals surface area contributed by atoms with E-state index in [4.69, 9.17) is 9.15 Å². The molecule has 0 amide bonds. The number of methoxy groups -OCH3 is 1. The minimum Gasteiger partial charge on any atom is -0.494 e. The molecule has 1 aromatic carbocycles. The first-order chi connectivity index (χ1) is 10.2. The van der Waals surface area contributed by atoms with Gasteiger partial charge < -0.3 is 14.5 Å². The number of aromatic nitrogens is 2. The number of nitrogens with one attached hydrogen (secondary N) is 1. The molecule has 0 fully saturated rings. The zero-order valence-corrected chi connectivity index (χ0v) is 12.4. The Morgan fingerprint density at radius 3 is 2.86 bits per heavy atom. The molecule has 0 bridgehead atoms. The molecule has 1 N–H and O–H groups in total. The van der Waals surface area contributed by atoms with Crippen LogP contribution in [0.15, 0.2) is 22.6 Å².